The number of allylic oxidation sites excluding steroid dienone is 4. The fraction of sp³-hybridized carbons (Fsp3) is 0.455. The molecule has 0 amide bonds. The lowest BCUT2D eigenvalue weighted by molar-refractivity contribution is 0.779. The highest BCUT2D eigenvalue weighted by atomic mass is 14.9. The summed E-state index contributed by atoms with van der Waals surface area (Å²) < 4.78 is 0. The molecule has 0 aromatic heterocycles. The van der Waals surface area contributed by atoms with Crippen molar-refractivity contribution in [3.63, 3.8) is 0 Å². The Bertz CT molecular complexity index is 187. The van der Waals surface area contributed by atoms with Crippen LogP contribution in [0, 0.1) is 0 Å². The summed E-state index contributed by atoms with van der Waals surface area (Å²) in [5.41, 5.74) is 2.37. The fourth-order valence-corrected chi connectivity index (χ4v) is 0.866. The zero-order chi connectivity index (χ0) is 9.40. The Balaban J connectivity index is 4.31. The van der Waals surface area contributed by atoms with Crippen LogP contribution in [0.4, 0.5) is 0 Å². The van der Waals surface area contributed by atoms with Crippen LogP contribution in [0.3, 0.4) is 0 Å². The molecule has 0 aliphatic heterocycles. The molecule has 0 spiro atoms. The second-order valence-electron chi connectivity index (χ2n) is 2.73. The summed E-state index contributed by atoms with van der Waals surface area (Å²) in [5, 5.41) is 3.34. The highest BCUT2D eigenvalue weighted by molar-refractivity contribution is 5.29. The van der Waals surface area contributed by atoms with Crippen LogP contribution in [0.15, 0.2) is 36.1 Å². The van der Waals surface area contributed by atoms with Crippen molar-refractivity contribution in [1.29, 1.82) is 0 Å². The summed E-state index contributed by atoms with van der Waals surface area (Å²) in [7, 11) is 0. The molecule has 0 aliphatic rings. The van der Waals surface area contributed by atoms with Crippen LogP contribution in [0.1, 0.15) is 27.2 Å². The average molecular weight is 165 g/mol. The van der Waals surface area contributed by atoms with E-state index in [0.717, 1.165) is 13.0 Å². The minimum Gasteiger partial charge on any atom is -0.385 e. The minimum atomic E-state index is 1.02. The van der Waals surface area contributed by atoms with Gasteiger partial charge >= 0.3 is 0 Å². The van der Waals surface area contributed by atoms with Gasteiger partial charge in [0.05, 0.1) is 0 Å². The molecular weight excluding hydrogens is 146 g/mol. The third kappa shape index (κ3) is 4.02. The van der Waals surface area contributed by atoms with Gasteiger partial charge in [-0.1, -0.05) is 25.7 Å². The topological polar surface area (TPSA) is 12.0 Å². The lowest BCUT2D eigenvalue weighted by Gasteiger charge is -2.07. The molecule has 1 heteroatoms. The summed E-state index contributed by atoms with van der Waals surface area (Å²) in [5.74, 6) is 0. The van der Waals surface area contributed by atoms with Crippen LogP contribution in [-0.2, 0) is 0 Å². The number of hydrogen-bond acceptors (Lipinski definition) is 1. The lowest BCUT2D eigenvalue weighted by Crippen LogP contribution is -2.13. The maximum absolute atomic E-state index is 3.74. The van der Waals surface area contributed by atoms with Gasteiger partial charge in [0.1, 0.15) is 0 Å². The molecule has 0 bridgehead atoms. The van der Waals surface area contributed by atoms with Crippen molar-refractivity contribution in [2.24, 2.45) is 0 Å². The second-order valence-corrected chi connectivity index (χ2v) is 2.73. The van der Waals surface area contributed by atoms with E-state index in [1.165, 1.54) is 11.3 Å². The molecule has 0 aromatic rings. The van der Waals surface area contributed by atoms with E-state index in [4.69, 9.17) is 0 Å². The molecule has 0 atom stereocenters. The molecule has 0 heterocycles. The van der Waals surface area contributed by atoms with E-state index in [0.29, 0.717) is 0 Å². The molecule has 0 rings (SSSR count). The molecule has 0 fully saturated rings. The molecule has 0 aliphatic carbocycles. The van der Waals surface area contributed by atoms with Crippen LogP contribution in [0.25, 0.3) is 0 Å². The molecule has 0 radical (unpaired) electrons. The van der Waals surface area contributed by atoms with Crippen LogP contribution >= 0.6 is 0 Å². The predicted molar refractivity (Wildman–Crippen MR) is 56.0 cm³/mol. The van der Waals surface area contributed by atoms with Gasteiger partial charge in [-0.25, -0.2) is 0 Å². The first-order valence-electron chi connectivity index (χ1n) is 4.46. The summed E-state index contributed by atoms with van der Waals surface area (Å²) in [6.07, 6.45) is 7.13. The number of hydrogen-bond donors (Lipinski definition) is 1. The molecule has 12 heavy (non-hydrogen) atoms. The fourth-order valence-electron chi connectivity index (χ4n) is 0.866. The Morgan fingerprint density at radius 3 is 2.58 bits per heavy atom. The molecule has 1 nitrogen and oxygen atoms in total. The van der Waals surface area contributed by atoms with E-state index < -0.39 is 0 Å². The zero-order valence-electron chi connectivity index (χ0n) is 8.35. The van der Waals surface area contributed by atoms with Gasteiger partial charge in [0.25, 0.3) is 0 Å². The monoisotopic (exact) mass is 165 g/mol. The summed E-state index contributed by atoms with van der Waals surface area (Å²) in [6.45, 7) is 11.0. The summed E-state index contributed by atoms with van der Waals surface area (Å²) in [6, 6.07) is 0. The third-order valence-electron chi connectivity index (χ3n) is 1.63. The van der Waals surface area contributed by atoms with Crippen LogP contribution in [-0.4, -0.2) is 6.54 Å². The van der Waals surface area contributed by atoms with Crippen molar-refractivity contribution in [3.05, 3.63) is 36.1 Å². The number of rotatable bonds is 5. The Labute approximate surface area is 75.9 Å². The van der Waals surface area contributed by atoms with Gasteiger partial charge in [0.15, 0.2) is 0 Å². The Morgan fingerprint density at radius 2 is 2.17 bits per heavy atom. The minimum absolute atomic E-state index is 1.02. The van der Waals surface area contributed by atoms with E-state index in [9.17, 15) is 0 Å². The molecule has 0 aromatic carbocycles. The van der Waals surface area contributed by atoms with Gasteiger partial charge in [0.2, 0.25) is 0 Å². The van der Waals surface area contributed by atoms with Crippen LogP contribution in [0.2, 0.25) is 0 Å². The molecule has 0 unspecified atom stereocenters. The van der Waals surface area contributed by atoms with Gasteiger partial charge < -0.3 is 5.32 Å². The van der Waals surface area contributed by atoms with E-state index in [2.05, 4.69) is 31.8 Å². The Morgan fingerprint density at radius 1 is 1.50 bits per heavy atom. The van der Waals surface area contributed by atoms with Crippen molar-refractivity contribution in [2.75, 3.05) is 6.54 Å². The first kappa shape index (κ1) is 11.0. The molecule has 0 saturated heterocycles. The molecular formula is C11H19N. The van der Waals surface area contributed by atoms with Crippen LogP contribution < -0.4 is 5.32 Å². The SMILES string of the molecule is C=C/C(C)=C(\C=C\C)NCCC. The van der Waals surface area contributed by atoms with E-state index in [1.807, 2.05) is 19.1 Å². The maximum atomic E-state index is 3.74. The van der Waals surface area contributed by atoms with Crippen molar-refractivity contribution in [3.8, 4) is 0 Å². The Kier molecular flexibility index (Phi) is 6.16. The smallest absolute Gasteiger partial charge is 0.0366 e. The zero-order valence-corrected chi connectivity index (χ0v) is 8.35. The van der Waals surface area contributed by atoms with Gasteiger partial charge in [-0.05, 0) is 31.9 Å². The van der Waals surface area contributed by atoms with E-state index >= 15 is 0 Å². The average Bonchev–Trinajstić information content (AvgIpc) is 2.11. The normalized spacial score (nSPS) is 12.9. The van der Waals surface area contributed by atoms with Crippen molar-refractivity contribution in [2.45, 2.75) is 27.2 Å². The predicted octanol–water partition coefficient (Wildman–Crippen LogP) is 3.02. The highest BCUT2D eigenvalue weighted by Crippen LogP contribution is 2.03. The third-order valence-corrected chi connectivity index (χ3v) is 1.63. The first-order chi connectivity index (χ1) is 5.76. The lowest BCUT2D eigenvalue weighted by atomic mass is 10.2. The molecule has 1 N–H and O–H groups in total. The Hall–Kier alpha value is -0.980. The van der Waals surface area contributed by atoms with Crippen molar-refractivity contribution >= 4 is 0 Å². The molecule has 0 saturated carbocycles. The van der Waals surface area contributed by atoms with Gasteiger partial charge in [-0.3, -0.25) is 0 Å². The quantitative estimate of drug-likeness (QED) is 0.617. The van der Waals surface area contributed by atoms with Crippen molar-refractivity contribution < 1.29 is 0 Å². The number of nitrogens with one attached hydrogen (secondary N) is 1. The second kappa shape index (κ2) is 6.71. The standard InChI is InChI=1S/C11H19N/c1-5-8-11(10(4)7-3)12-9-6-2/h5,7-8,12H,3,6,9H2,1-2,4H3/b8-5+,11-10+. The van der Waals surface area contributed by atoms with Crippen molar-refractivity contribution in [1.82, 2.24) is 5.32 Å². The molecule has 68 valence electrons. The van der Waals surface area contributed by atoms with Crippen LogP contribution in [0.5, 0.6) is 0 Å². The van der Waals surface area contributed by atoms with E-state index in [1.54, 1.807) is 0 Å². The maximum Gasteiger partial charge on any atom is 0.0366 e. The van der Waals surface area contributed by atoms with Gasteiger partial charge in [-0.15, -0.1) is 0 Å². The van der Waals surface area contributed by atoms with Gasteiger partial charge in [0, 0.05) is 12.2 Å². The largest absolute Gasteiger partial charge is 0.385 e. The van der Waals surface area contributed by atoms with Gasteiger partial charge in [-0.2, -0.15) is 0 Å². The first-order valence-corrected chi connectivity index (χ1v) is 4.46. The summed E-state index contributed by atoms with van der Waals surface area (Å²) >= 11 is 0. The highest BCUT2D eigenvalue weighted by Gasteiger charge is 1.92. The summed E-state index contributed by atoms with van der Waals surface area (Å²) in [4.78, 5) is 0. The van der Waals surface area contributed by atoms with E-state index in [-0.39, 0.29) is 0 Å².